The molecule has 1 aromatic heterocycles. The molecule has 0 saturated heterocycles. The van der Waals surface area contributed by atoms with E-state index in [9.17, 15) is 17.8 Å². The zero-order valence-corrected chi connectivity index (χ0v) is 19.5. The van der Waals surface area contributed by atoms with Crippen LogP contribution >= 0.6 is 11.3 Å². The van der Waals surface area contributed by atoms with E-state index in [4.69, 9.17) is 9.47 Å². The Morgan fingerprint density at radius 1 is 1.16 bits per heavy atom. The van der Waals surface area contributed by atoms with Gasteiger partial charge in [0, 0.05) is 19.2 Å². The summed E-state index contributed by atoms with van der Waals surface area (Å²) in [4.78, 5) is 17.5. The summed E-state index contributed by atoms with van der Waals surface area (Å²) in [5, 5.41) is 8.31. The lowest BCUT2D eigenvalue weighted by atomic mass is 10.2. The van der Waals surface area contributed by atoms with Gasteiger partial charge in [-0.25, -0.2) is 9.78 Å². The van der Waals surface area contributed by atoms with E-state index in [1.165, 1.54) is 37.7 Å². The number of methoxy groups -OCH3 is 2. The molecular weight excluding hydrogens is 456 g/mol. The molecule has 0 aliphatic heterocycles. The molecule has 0 spiro atoms. The van der Waals surface area contributed by atoms with Crippen molar-refractivity contribution in [1.82, 2.24) is 4.98 Å². The third-order valence-electron chi connectivity index (χ3n) is 4.68. The fourth-order valence-corrected chi connectivity index (χ4v) is 4.55. The molecular formula is C20H22N4O6S2. The van der Waals surface area contributed by atoms with Gasteiger partial charge in [0.2, 0.25) is 5.13 Å². The van der Waals surface area contributed by atoms with Crippen molar-refractivity contribution >= 4 is 54.1 Å². The van der Waals surface area contributed by atoms with Gasteiger partial charge in [-0.15, -0.1) is 10.2 Å². The molecule has 2 aromatic carbocycles. The number of carbonyl (C=O) groups excluding carboxylic acids is 1. The molecule has 3 aromatic rings. The Morgan fingerprint density at radius 2 is 1.88 bits per heavy atom. The average molecular weight is 479 g/mol. The number of thiazole rings is 1. The summed E-state index contributed by atoms with van der Waals surface area (Å²) >= 11 is 1.17. The number of aromatic nitrogens is 1. The second-order valence-electron chi connectivity index (χ2n) is 6.51. The first-order valence-corrected chi connectivity index (χ1v) is 11.8. The van der Waals surface area contributed by atoms with Gasteiger partial charge in [0.05, 0.1) is 35.7 Å². The third-order valence-corrected chi connectivity index (χ3v) is 6.47. The highest BCUT2D eigenvalue weighted by molar-refractivity contribution is 7.86. The van der Waals surface area contributed by atoms with Gasteiger partial charge in [0.15, 0.2) is 0 Å². The van der Waals surface area contributed by atoms with E-state index in [0.29, 0.717) is 40.3 Å². The molecule has 0 fully saturated rings. The average Bonchev–Trinajstić information content (AvgIpc) is 3.19. The molecule has 0 unspecified atom stereocenters. The van der Waals surface area contributed by atoms with E-state index < -0.39 is 21.0 Å². The first kappa shape index (κ1) is 23.6. The number of anilines is 1. The molecule has 0 radical (unpaired) electrons. The molecule has 1 heterocycles. The van der Waals surface area contributed by atoms with Crippen LogP contribution in [0.1, 0.15) is 24.2 Å². The molecule has 32 heavy (non-hydrogen) atoms. The Labute approximate surface area is 189 Å². The fourth-order valence-electron chi connectivity index (χ4n) is 3.09. The van der Waals surface area contributed by atoms with Crippen molar-refractivity contribution in [2.45, 2.75) is 18.7 Å². The smallest absolute Gasteiger partial charge is 0.337 e. The summed E-state index contributed by atoms with van der Waals surface area (Å²) in [5.41, 5.74) is 1.40. The number of hydrogen-bond donors (Lipinski definition) is 1. The van der Waals surface area contributed by atoms with Crippen LogP contribution in [0.3, 0.4) is 0 Å². The molecule has 1 N–H and O–H groups in total. The highest BCUT2D eigenvalue weighted by Gasteiger charge is 2.22. The topological polar surface area (TPSA) is 131 Å². The van der Waals surface area contributed by atoms with Crippen LogP contribution in [0.5, 0.6) is 5.75 Å². The van der Waals surface area contributed by atoms with Crippen LogP contribution in [-0.2, 0) is 14.9 Å². The summed E-state index contributed by atoms with van der Waals surface area (Å²) in [6, 6.07) is 7.59. The quantitative estimate of drug-likeness (QED) is 0.282. The SMILES string of the molecule is CCN(CC)c1cc(S(=O)(=O)O)c(N=Nc2nc3ccc(C(=O)OC)cc3s2)cc1OC. The van der Waals surface area contributed by atoms with Gasteiger partial charge in [0.25, 0.3) is 10.1 Å². The van der Waals surface area contributed by atoms with E-state index in [0.717, 1.165) is 0 Å². The number of hydrogen-bond acceptors (Lipinski definition) is 10. The Kier molecular flexibility index (Phi) is 7.06. The van der Waals surface area contributed by atoms with Crippen molar-refractivity contribution in [3.63, 3.8) is 0 Å². The highest BCUT2D eigenvalue weighted by atomic mass is 32.2. The van der Waals surface area contributed by atoms with Crippen LogP contribution in [0, 0.1) is 0 Å². The van der Waals surface area contributed by atoms with Crippen molar-refractivity contribution in [2.75, 3.05) is 32.2 Å². The van der Waals surface area contributed by atoms with Crippen molar-refractivity contribution in [3.05, 3.63) is 35.9 Å². The predicted octanol–water partition coefficient (Wildman–Crippen LogP) is 4.60. The van der Waals surface area contributed by atoms with Crippen LogP contribution in [0.4, 0.5) is 16.5 Å². The number of nitrogens with zero attached hydrogens (tertiary/aromatic N) is 4. The molecule has 0 bridgehead atoms. The number of esters is 1. The van der Waals surface area contributed by atoms with Crippen molar-refractivity contribution in [1.29, 1.82) is 0 Å². The number of azo groups is 1. The summed E-state index contributed by atoms with van der Waals surface area (Å²) in [6.07, 6.45) is 0. The van der Waals surface area contributed by atoms with Crippen LogP contribution in [0.15, 0.2) is 45.5 Å². The predicted molar refractivity (Wildman–Crippen MR) is 122 cm³/mol. The summed E-state index contributed by atoms with van der Waals surface area (Å²) in [7, 11) is -1.82. The lowest BCUT2D eigenvalue weighted by molar-refractivity contribution is 0.0601. The van der Waals surface area contributed by atoms with Crippen LogP contribution in [0.2, 0.25) is 0 Å². The largest absolute Gasteiger partial charge is 0.495 e. The van der Waals surface area contributed by atoms with Crippen molar-refractivity contribution in [2.24, 2.45) is 10.2 Å². The van der Waals surface area contributed by atoms with Crippen LogP contribution < -0.4 is 9.64 Å². The normalized spacial score (nSPS) is 11.8. The number of ether oxygens (including phenoxy) is 2. The van der Waals surface area contributed by atoms with Gasteiger partial charge in [0.1, 0.15) is 16.3 Å². The molecule has 12 heteroatoms. The lowest BCUT2D eigenvalue weighted by Gasteiger charge is -2.24. The lowest BCUT2D eigenvalue weighted by Crippen LogP contribution is -2.22. The Balaban J connectivity index is 2.06. The number of carbonyl (C=O) groups is 1. The zero-order valence-electron chi connectivity index (χ0n) is 17.9. The maximum absolute atomic E-state index is 12.0. The molecule has 10 nitrogen and oxygen atoms in total. The summed E-state index contributed by atoms with van der Waals surface area (Å²) in [5.74, 6) is -0.0799. The maximum Gasteiger partial charge on any atom is 0.337 e. The zero-order chi connectivity index (χ0) is 23.5. The molecule has 170 valence electrons. The molecule has 0 saturated carbocycles. The highest BCUT2D eigenvalue weighted by Crippen LogP contribution is 2.39. The maximum atomic E-state index is 12.0. The second kappa shape index (κ2) is 9.59. The van der Waals surface area contributed by atoms with E-state index in [-0.39, 0.29) is 10.8 Å². The Bertz CT molecular complexity index is 1280. The number of benzene rings is 2. The van der Waals surface area contributed by atoms with Gasteiger partial charge in [-0.2, -0.15) is 8.42 Å². The van der Waals surface area contributed by atoms with Gasteiger partial charge in [-0.05, 0) is 38.1 Å². The van der Waals surface area contributed by atoms with Gasteiger partial charge in [-0.1, -0.05) is 11.3 Å². The fraction of sp³-hybridized carbons (Fsp3) is 0.300. The summed E-state index contributed by atoms with van der Waals surface area (Å²) < 4.78 is 44.6. The standard InChI is InChI=1S/C20H22N4O6S2/c1-5-24(6-2)15-11-18(32(26,27)28)14(10-16(15)29-3)22-23-20-21-13-8-7-12(19(25)30-4)9-17(13)31-20/h7-11H,5-6H2,1-4H3,(H,26,27,28). The molecule has 0 aliphatic rings. The molecule has 0 aliphatic carbocycles. The monoisotopic (exact) mass is 478 g/mol. The molecule has 0 amide bonds. The van der Waals surface area contributed by atoms with Crippen LogP contribution in [0.25, 0.3) is 10.2 Å². The minimum Gasteiger partial charge on any atom is -0.495 e. The third kappa shape index (κ3) is 4.87. The minimum atomic E-state index is -4.58. The van der Waals surface area contributed by atoms with Crippen LogP contribution in [-0.4, -0.2) is 51.2 Å². The second-order valence-corrected chi connectivity index (χ2v) is 8.91. The van der Waals surface area contributed by atoms with E-state index in [2.05, 4.69) is 15.2 Å². The Hall–Kier alpha value is -3.09. The van der Waals surface area contributed by atoms with Crippen molar-refractivity contribution in [3.8, 4) is 5.75 Å². The van der Waals surface area contributed by atoms with E-state index >= 15 is 0 Å². The van der Waals surface area contributed by atoms with Gasteiger partial charge >= 0.3 is 5.97 Å². The van der Waals surface area contributed by atoms with E-state index in [1.54, 1.807) is 18.2 Å². The number of fused-ring (bicyclic) bond motifs is 1. The summed E-state index contributed by atoms with van der Waals surface area (Å²) in [6.45, 7) is 5.06. The number of rotatable bonds is 8. The van der Waals surface area contributed by atoms with Gasteiger partial charge in [-0.3, -0.25) is 4.55 Å². The first-order chi connectivity index (χ1) is 15.2. The Morgan fingerprint density at radius 3 is 2.47 bits per heavy atom. The van der Waals surface area contributed by atoms with Gasteiger partial charge < -0.3 is 14.4 Å². The molecule has 3 rings (SSSR count). The first-order valence-electron chi connectivity index (χ1n) is 9.56. The molecule has 0 atom stereocenters. The van der Waals surface area contributed by atoms with E-state index in [1.807, 2.05) is 18.7 Å². The van der Waals surface area contributed by atoms with Crippen molar-refractivity contribution < 1.29 is 27.2 Å². The minimum absolute atomic E-state index is 0.0882.